The normalized spacial score (nSPS) is 20.0. The Labute approximate surface area is 75.7 Å². The van der Waals surface area contributed by atoms with Crippen LogP contribution in [-0.2, 0) is 0 Å². The molecule has 1 radical (unpaired) electrons. The van der Waals surface area contributed by atoms with Gasteiger partial charge >= 0.3 is 0 Å². The monoisotopic (exact) mass is 161 g/mol. The van der Waals surface area contributed by atoms with Crippen LogP contribution >= 0.6 is 0 Å². The van der Waals surface area contributed by atoms with E-state index >= 15 is 0 Å². The van der Waals surface area contributed by atoms with Crippen molar-refractivity contribution in [2.45, 2.75) is 38.5 Å². The van der Waals surface area contributed by atoms with E-state index in [0.29, 0.717) is 0 Å². The van der Waals surface area contributed by atoms with E-state index in [1.165, 1.54) is 19.3 Å². The lowest BCUT2D eigenvalue weighted by atomic mass is 10.1. The molecule has 65 valence electrons. The van der Waals surface area contributed by atoms with Gasteiger partial charge in [0.15, 0.2) is 0 Å². The zero-order valence-electron chi connectivity index (χ0n) is 7.63. The van der Waals surface area contributed by atoms with Gasteiger partial charge in [-0.3, -0.25) is 0 Å². The van der Waals surface area contributed by atoms with Gasteiger partial charge in [-0.2, -0.15) is 0 Å². The molecule has 0 heteroatoms. The quantitative estimate of drug-likeness (QED) is 0.474. The van der Waals surface area contributed by atoms with Gasteiger partial charge in [0.25, 0.3) is 0 Å². The summed E-state index contributed by atoms with van der Waals surface area (Å²) in [6.45, 7) is 0. The molecule has 0 bridgehead atoms. The molecule has 0 aliphatic heterocycles. The van der Waals surface area contributed by atoms with Gasteiger partial charge in [0.2, 0.25) is 0 Å². The molecule has 0 aromatic rings. The van der Waals surface area contributed by atoms with E-state index in [1.54, 1.807) is 0 Å². The van der Waals surface area contributed by atoms with Crippen LogP contribution in [0.2, 0.25) is 0 Å². The van der Waals surface area contributed by atoms with Crippen molar-refractivity contribution in [3.8, 4) is 0 Å². The van der Waals surface area contributed by atoms with Crippen LogP contribution < -0.4 is 0 Å². The predicted molar refractivity (Wildman–Crippen MR) is 53.8 cm³/mol. The third kappa shape index (κ3) is 4.95. The summed E-state index contributed by atoms with van der Waals surface area (Å²) in [6, 6.07) is 0. The van der Waals surface area contributed by atoms with Crippen LogP contribution in [0.1, 0.15) is 38.5 Å². The summed E-state index contributed by atoms with van der Waals surface area (Å²) in [5, 5.41) is 0. The molecule has 0 N–H and O–H groups in total. The second kappa shape index (κ2) is 6.90. The first kappa shape index (κ1) is 9.31. The Morgan fingerprint density at radius 1 is 0.667 bits per heavy atom. The van der Waals surface area contributed by atoms with Crippen LogP contribution in [0.3, 0.4) is 0 Å². The van der Waals surface area contributed by atoms with E-state index in [2.05, 4.69) is 36.5 Å². The van der Waals surface area contributed by atoms with Gasteiger partial charge in [0.1, 0.15) is 0 Å². The summed E-state index contributed by atoms with van der Waals surface area (Å²) >= 11 is 0. The molecular weight excluding hydrogens is 144 g/mol. The number of allylic oxidation sites excluding steroid dienone is 6. The molecule has 1 aliphatic carbocycles. The molecule has 0 saturated heterocycles. The Morgan fingerprint density at radius 2 is 1.25 bits per heavy atom. The van der Waals surface area contributed by atoms with Crippen molar-refractivity contribution in [1.82, 2.24) is 0 Å². The standard InChI is InChI=1S/C12H17/c1-2-4-6-8-10-12-11-9-7-5-3-1/h1-2,7-9H,3-6,11-12H2. The lowest BCUT2D eigenvalue weighted by Crippen LogP contribution is -1.72. The maximum Gasteiger partial charge on any atom is -0.0245 e. The average molecular weight is 161 g/mol. The fourth-order valence-electron chi connectivity index (χ4n) is 1.21. The molecule has 12 heavy (non-hydrogen) atoms. The Morgan fingerprint density at radius 3 is 2.00 bits per heavy atom. The molecule has 0 heterocycles. The summed E-state index contributed by atoms with van der Waals surface area (Å²) in [5.41, 5.74) is 0. The summed E-state index contributed by atoms with van der Waals surface area (Å²) in [7, 11) is 0. The van der Waals surface area contributed by atoms with E-state index in [0.717, 1.165) is 19.3 Å². The summed E-state index contributed by atoms with van der Waals surface area (Å²) in [5.74, 6) is 0. The zero-order chi connectivity index (χ0) is 8.49. The molecule has 0 atom stereocenters. The molecule has 0 amide bonds. The summed E-state index contributed by atoms with van der Waals surface area (Å²) < 4.78 is 0. The maximum absolute atomic E-state index is 3.29. The molecule has 0 unspecified atom stereocenters. The third-order valence-electron chi connectivity index (χ3n) is 1.91. The fraction of sp³-hybridized carbons (Fsp3) is 0.500. The topological polar surface area (TPSA) is 0 Å². The van der Waals surface area contributed by atoms with E-state index in [9.17, 15) is 0 Å². The first-order chi connectivity index (χ1) is 6.00. The van der Waals surface area contributed by atoms with E-state index in [1.807, 2.05) is 0 Å². The highest BCUT2D eigenvalue weighted by atomic mass is 13.9. The summed E-state index contributed by atoms with van der Waals surface area (Å²) in [4.78, 5) is 0. The molecule has 0 aromatic carbocycles. The van der Waals surface area contributed by atoms with Crippen LogP contribution in [0.4, 0.5) is 0 Å². The van der Waals surface area contributed by atoms with Crippen molar-refractivity contribution in [2.24, 2.45) is 0 Å². The highest BCUT2D eigenvalue weighted by Gasteiger charge is 1.82. The first-order valence-corrected chi connectivity index (χ1v) is 4.85. The minimum Gasteiger partial charge on any atom is -0.0882 e. The van der Waals surface area contributed by atoms with Gasteiger partial charge in [0, 0.05) is 0 Å². The molecule has 0 aromatic heterocycles. The van der Waals surface area contributed by atoms with Crippen LogP contribution in [0, 0.1) is 6.08 Å². The van der Waals surface area contributed by atoms with Gasteiger partial charge in [-0.15, -0.1) is 0 Å². The summed E-state index contributed by atoms with van der Waals surface area (Å²) in [6.07, 6.45) is 21.5. The lowest BCUT2D eigenvalue weighted by Gasteiger charge is -1.92. The van der Waals surface area contributed by atoms with Crippen LogP contribution in [-0.4, -0.2) is 0 Å². The SMILES string of the molecule is [C]1=CCCC=CCCC=CCC1. The van der Waals surface area contributed by atoms with Crippen molar-refractivity contribution < 1.29 is 0 Å². The Kier molecular flexibility index (Phi) is 5.35. The smallest absolute Gasteiger partial charge is 0.0245 e. The van der Waals surface area contributed by atoms with Gasteiger partial charge in [0.05, 0.1) is 0 Å². The Balaban J connectivity index is 2.30. The highest BCUT2D eigenvalue weighted by molar-refractivity contribution is 4.91. The van der Waals surface area contributed by atoms with Crippen molar-refractivity contribution in [3.63, 3.8) is 0 Å². The molecule has 0 spiro atoms. The van der Waals surface area contributed by atoms with Crippen molar-refractivity contribution in [1.29, 1.82) is 0 Å². The van der Waals surface area contributed by atoms with Crippen molar-refractivity contribution in [2.75, 3.05) is 0 Å². The van der Waals surface area contributed by atoms with E-state index < -0.39 is 0 Å². The molecular formula is C12H17. The second-order valence-corrected chi connectivity index (χ2v) is 3.04. The lowest BCUT2D eigenvalue weighted by molar-refractivity contribution is 0.949. The van der Waals surface area contributed by atoms with Gasteiger partial charge < -0.3 is 0 Å². The largest absolute Gasteiger partial charge is 0.0882 e. The Bertz CT molecular complexity index is 121. The van der Waals surface area contributed by atoms with E-state index in [4.69, 9.17) is 0 Å². The van der Waals surface area contributed by atoms with Gasteiger partial charge in [-0.1, -0.05) is 30.4 Å². The molecule has 1 aliphatic rings. The predicted octanol–water partition coefficient (Wildman–Crippen LogP) is 3.81. The minimum atomic E-state index is 1.08. The zero-order valence-corrected chi connectivity index (χ0v) is 7.63. The molecule has 0 nitrogen and oxygen atoms in total. The number of hydrogen-bond donors (Lipinski definition) is 0. The first-order valence-electron chi connectivity index (χ1n) is 4.85. The highest BCUT2D eigenvalue weighted by Crippen LogP contribution is 2.02. The number of hydrogen-bond acceptors (Lipinski definition) is 0. The minimum absolute atomic E-state index is 1.08. The van der Waals surface area contributed by atoms with Crippen LogP contribution in [0.25, 0.3) is 0 Å². The molecule has 0 saturated carbocycles. The average Bonchev–Trinajstić information content (AvgIpc) is 2.05. The molecule has 1 rings (SSSR count). The van der Waals surface area contributed by atoms with Crippen molar-refractivity contribution >= 4 is 0 Å². The van der Waals surface area contributed by atoms with Crippen molar-refractivity contribution in [3.05, 3.63) is 36.5 Å². The van der Waals surface area contributed by atoms with E-state index in [-0.39, 0.29) is 0 Å². The van der Waals surface area contributed by atoms with Gasteiger partial charge in [-0.25, -0.2) is 0 Å². The number of rotatable bonds is 0. The third-order valence-corrected chi connectivity index (χ3v) is 1.91. The van der Waals surface area contributed by atoms with Crippen LogP contribution in [0.15, 0.2) is 30.4 Å². The maximum atomic E-state index is 3.29. The second-order valence-electron chi connectivity index (χ2n) is 3.04. The Hall–Kier alpha value is -0.780. The van der Waals surface area contributed by atoms with Gasteiger partial charge in [-0.05, 0) is 44.6 Å². The molecule has 0 fully saturated rings. The van der Waals surface area contributed by atoms with Crippen LogP contribution in [0.5, 0.6) is 0 Å². The fourth-order valence-corrected chi connectivity index (χ4v) is 1.21.